The van der Waals surface area contributed by atoms with Crippen LogP contribution in [0.4, 0.5) is 0 Å². The fourth-order valence-electron chi connectivity index (χ4n) is 3.57. The number of aliphatic hydroxyl groups is 1. The monoisotopic (exact) mass is 327 g/mol. The lowest BCUT2D eigenvalue weighted by Gasteiger charge is -2.41. The summed E-state index contributed by atoms with van der Waals surface area (Å²) in [5, 5.41) is 13.4. The molecule has 134 valence electrons. The van der Waals surface area contributed by atoms with Crippen LogP contribution in [0.3, 0.4) is 0 Å². The maximum Gasteiger partial charge on any atom is 0.246 e. The Morgan fingerprint density at radius 2 is 2.00 bits per heavy atom. The average Bonchev–Trinajstić information content (AvgIpc) is 2.98. The van der Waals surface area contributed by atoms with E-state index in [0.717, 1.165) is 45.1 Å². The molecule has 0 aromatic rings. The molecule has 2 rings (SSSR count). The van der Waals surface area contributed by atoms with Gasteiger partial charge in [-0.1, -0.05) is 20.8 Å². The van der Waals surface area contributed by atoms with E-state index in [4.69, 9.17) is 9.47 Å². The summed E-state index contributed by atoms with van der Waals surface area (Å²) in [6, 6.07) is 0. The van der Waals surface area contributed by atoms with Crippen molar-refractivity contribution in [1.82, 2.24) is 5.32 Å². The van der Waals surface area contributed by atoms with E-state index in [9.17, 15) is 9.90 Å². The first-order valence-corrected chi connectivity index (χ1v) is 8.97. The first-order chi connectivity index (χ1) is 10.8. The van der Waals surface area contributed by atoms with Crippen LogP contribution in [0.2, 0.25) is 0 Å². The van der Waals surface area contributed by atoms with Crippen molar-refractivity contribution in [2.75, 3.05) is 26.4 Å². The molecule has 2 fully saturated rings. The van der Waals surface area contributed by atoms with Crippen LogP contribution in [-0.2, 0) is 14.3 Å². The molecule has 0 radical (unpaired) electrons. The van der Waals surface area contributed by atoms with Gasteiger partial charge in [0, 0.05) is 13.2 Å². The Kier molecular flexibility index (Phi) is 6.46. The quantitative estimate of drug-likeness (QED) is 0.785. The zero-order chi connectivity index (χ0) is 16.9. The minimum absolute atomic E-state index is 0.0422. The van der Waals surface area contributed by atoms with Crippen LogP contribution in [-0.4, -0.2) is 49.1 Å². The predicted molar refractivity (Wildman–Crippen MR) is 89.2 cm³/mol. The Bertz CT molecular complexity index is 377. The van der Waals surface area contributed by atoms with Gasteiger partial charge in [-0.25, -0.2) is 0 Å². The van der Waals surface area contributed by atoms with Gasteiger partial charge in [0.1, 0.15) is 6.61 Å². The second kappa shape index (κ2) is 7.95. The van der Waals surface area contributed by atoms with Gasteiger partial charge in [-0.15, -0.1) is 0 Å². The average molecular weight is 327 g/mol. The first-order valence-electron chi connectivity index (χ1n) is 8.97. The van der Waals surface area contributed by atoms with Crippen molar-refractivity contribution >= 4 is 5.91 Å². The highest BCUT2D eigenvalue weighted by molar-refractivity contribution is 5.77. The van der Waals surface area contributed by atoms with Gasteiger partial charge in [0.15, 0.2) is 0 Å². The Hall–Kier alpha value is -0.650. The van der Waals surface area contributed by atoms with Crippen LogP contribution in [0.5, 0.6) is 0 Å². The zero-order valence-corrected chi connectivity index (χ0v) is 14.9. The van der Waals surface area contributed by atoms with Gasteiger partial charge in [0.2, 0.25) is 5.91 Å². The van der Waals surface area contributed by atoms with E-state index in [-0.39, 0.29) is 18.6 Å². The smallest absolute Gasteiger partial charge is 0.246 e. The van der Waals surface area contributed by atoms with Crippen molar-refractivity contribution in [3.8, 4) is 0 Å². The van der Waals surface area contributed by atoms with Crippen LogP contribution in [0, 0.1) is 11.3 Å². The van der Waals surface area contributed by atoms with Gasteiger partial charge in [-0.3, -0.25) is 4.79 Å². The third-order valence-corrected chi connectivity index (χ3v) is 5.32. The Morgan fingerprint density at radius 3 is 2.57 bits per heavy atom. The number of hydrogen-bond acceptors (Lipinski definition) is 4. The van der Waals surface area contributed by atoms with Crippen molar-refractivity contribution in [2.45, 2.75) is 71.0 Å². The topological polar surface area (TPSA) is 67.8 Å². The fourth-order valence-corrected chi connectivity index (χ4v) is 3.57. The van der Waals surface area contributed by atoms with E-state index >= 15 is 0 Å². The van der Waals surface area contributed by atoms with Crippen LogP contribution in [0.15, 0.2) is 0 Å². The molecule has 1 unspecified atom stereocenters. The highest BCUT2D eigenvalue weighted by atomic mass is 16.5. The third-order valence-electron chi connectivity index (χ3n) is 5.32. The number of carbonyl (C=O) groups is 1. The van der Waals surface area contributed by atoms with Crippen LogP contribution < -0.4 is 5.32 Å². The van der Waals surface area contributed by atoms with Gasteiger partial charge in [0.05, 0.1) is 18.3 Å². The molecule has 2 N–H and O–H groups in total. The minimum Gasteiger partial charge on any atom is -0.388 e. The molecule has 0 bridgehead atoms. The summed E-state index contributed by atoms with van der Waals surface area (Å²) in [5.74, 6) is 0.489. The van der Waals surface area contributed by atoms with E-state index in [2.05, 4.69) is 26.1 Å². The molecule has 0 spiro atoms. The van der Waals surface area contributed by atoms with Crippen LogP contribution in [0.25, 0.3) is 0 Å². The van der Waals surface area contributed by atoms with E-state index in [1.807, 2.05) is 0 Å². The van der Waals surface area contributed by atoms with Crippen molar-refractivity contribution in [1.29, 1.82) is 0 Å². The summed E-state index contributed by atoms with van der Waals surface area (Å²) >= 11 is 0. The molecule has 23 heavy (non-hydrogen) atoms. The lowest BCUT2D eigenvalue weighted by atomic mass is 9.68. The second-order valence-corrected chi connectivity index (χ2v) is 8.29. The summed E-state index contributed by atoms with van der Waals surface area (Å²) in [7, 11) is 0. The molecule has 1 aliphatic carbocycles. The minimum atomic E-state index is -0.758. The van der Waals surface area contributed by atoms with Crippen molar-refractivity contribution in [3.05, 3.63) is 0 Å². The number of nitrogens with one attached hydrogen (secondary N) is 1. The molecule has 1 atom stereocenters. The Balaban J connectivity index is 1.61. The van der Waals surface area contributed by atoms with Gasteiger partial charge in [-0.05, 0) is 49.9 Å². The highest BCUT2D eigenvalue weighted by Gasteiger charge is 2.37. The van der Waals surface area contributed by atoms with E-state index in [1.165, 1.54) is 0 Å². The molecule has 1 aliphatic heterocycles. The lowest BCUT2D eigenvalue weighted by Crippen LogP contribution is -2.47. The second-order valence-electron chi connectivity index (χ2n) is 8.29. The molecule has 1 saturated carbocycles. The molecule has 5 heteroatoms. The third kappa shape index (κ3) is 6.05. The van der Waals surface area contributed by atoms with E-state index in [1.54, 1.807) is 0 Å². The van der Waals surface area contributed by atoms with Gasteiger partial charge in [-0.2, -0.15) is 0 Å². The summed E-state index contributed by atoms with van der Waals surface area (Å²) in [5.41, 5.74) is -0.466. The molecule has 1 heterocycles. The molecule has 1 saturated heterocycles. The maximum absolute atomic E-state index is 11.8. The van der Waals surface area contributed by atoms with Crippen molar-refractivity contribution in [2.24, 2.45) is 11.3 Å². The summed E-state index contributed by atoms with van der Waals surface area (Å²) < 4.78 is 10.8. The van der Waals surface area contributed by atoms with Gasteiger partial charge in [0.25, 0.3) is 0 Å². The fraction of sp³-hybridized carbons (Fsp3) is 0.944. The lowest BCUT2D eigenvalue weighted by molar-refractivity contribution is -0.128. The maximum atomic E-state index is 11.8. The van der Waals surface area contributed by atoms with Crippen molar-refractivity contribution in [3.63, 3.8) is 0 Å². The summed E-state index contributed by atoms with van der Waals surface area (Å²) in [4.78, 5) is 11.8. The van der Waals surface area contributed by atoms with Crippen LogP contribution >= 0.6 is 0 Å². The molecular weight excluding hydrogens is 294 g/mol. The SMILES string of the molecule is CC(C)(C)C1CCC(O)(CNC(=O)COCC2CCCO2)CC1. The van der Waals surface area contributed by atoms with E-state index in [0.29, 0.717) is 24.5 Å². The number of rotatable bonds is 6. The zero-order valence-electron chi connectivity index (χ0n) is 14.9. The van der Waals surface area contributed by atoms with Crippen LogP contribution in [0.1, 0.15) is 59.3 Å². The molecule has 0 aromatic heterocycles. The number of amides is 1. The normalized spacial score (nSPS) is 32.0. The van der Waals surface area contributed by atoms with Crippen molar-refractivity contribution < 1.29 is 19.4 Å². The highest BCUT2D eigenvalue weighted by Crippen LogP contribution is 2.41. The molecular formula is C18H33NO4. The van der Waals surface area contributed by atoms with Gasteiger partial charge < -0.3 is 19.9 Å². The summed E-state index contributed by atoms with van der Waals surface area (Å²) in [6.45, 7) is 8.42. The Labute approximate surface area is 140 Å². The molecule has 0 aromatic carbocycles. The molecule has 5 nitrogen and oxygen atoms in total. The largest absolute Gasteiger partial charge is 0.388 e. The Morgan fingerprint density at radius 1 is 1.30 bits per heavy atom. The molecule has 1 amide bonds. The standard InChI is InChI=1S/C18H33NO4/c1-17(2,3)14-6-8-18(21,9-7-14)13-19-16(20)12-22-11-15-5-4-10-23-15/h14-15,21H,4-13H2,1-3H3,(H,19,20). The molecule has 2 aliphatic rings. The number of hydrogen-bond donors (Lipinski definition) is 2. The van der Waals surface area contributed by atoms with E-state index < -0.39 is 5.60 Å². The summed E-state index contributed by atoms with van der Waals surface area (Å²) in [6.07, 6.45) is 5.77. The first kappa shape index (κ1) is 18.7. The van der Waals surface area contributed by atoms with Gasteiger partial charge >= 0.3 is 0 Å². The predicted octanol–water partition coefficient (Wildman–Crippen LogP) is 2.27. The number of carbonyl (C=O) groups excluding carboxylic acids is 1. The number of ether oxygens (including phenoxy) is 2.